The minimum absolute atomic E-state index is 0.0197. The number of fused-ring (bicyclic) bond motifs is 1. The van der Waals surface area contributed by atoms with E-state index in [0.29, 0.717) is 13.2 Å². The van der Waals surface area contributed by atoms with E-state index < -0.39 is 9.85 Å². The minimum atomic E-state index is -0.418. The number of anilines is 2. The van der Waals surface area contributed by atoms with Crippen molar-refractivity contribution in [2.45, 2.75) is 58.9 Å². The van der Waals surface area contributed by atoms with Crippen LogP contribution < -0.4 is 10.2 Å². The third kappa shape index (κ3) is 4.88. The van der Waals surface area contributed by atoms with Crippen molar-refractivity contribution in [3.05, 3.63) is 91.8 Å². The summed E-state index contributed by atoms with van der Waals surface area (Å²) >= 11 is 0. The van der Waals surface area contributed by atoms with Crippen LogP contribution in [0.2, 0.25) is 0 Å². The Bertz CT molecular complexity index is 1590. The van der Waals surface area contributed by atoms with E-state index in [4.69, 9.17) is 10.2 Å². The first-order chi connectivity index (χ1) is 18.7. The molecule has 12 heteroatoms. The molecule has 3 heterocycles. The molecule has 0 unspecified atom stereocenters. The molecular formula is C28H32N8O4. The summed E-state index contributed by atoms with van der Waals surface area (Å²) in [5.74, 6) is 1.69. The maximum atomic E-state index is 11.2. The smallest absolute Gasteiger partial charge is 0.269 e. The Labute approximate surface area is 231 Å². The lowest BCUT2D eigenvalue weighted by molar-refractivity contribution is -0.385. The Morgan fingerprint density at radius 1 is 0.775 bits per heavy atom. The fourth-order valence-corrected chi connectivity index (χ4v) is 4.73. The van der Waals surface area contributed by atoms with E-state index in [-0.39, 0.29) is 22.2 Å². The third-order valence-electron chi connectivity index (χ3n) is 6.87. The highest BCUT2D eigenvalue weighted by molar-refractivity contribution is 5.62. The molecule has 0 radical (unpaired) electrons. The predicted molar refractivity (Wildman–Crippen MR) is 153 cm³/mol. The molecule has 0 fully saturated rings. The van der Waals surface area contributed by atoms with E-state index in [2.05, 4.69) is 57.8 Å². The van der Waals surface area contributed by atoms with Crippen LogP contribution >= 0.6 is 0 Å². The summed E-state index contributed by atoms with van der Waals surface area (Å²) in [6, 6.07) is 14.8. The summed E-state index contributed by atoms with van der Waals surface area (Å²) in [6.07, 6.45) is 0. The van der Waals surface area contributed by atoms with Crippen LogP contribution in [-0.4, -0.2) is 36.1 Å². The average molecular weight is 545 g/mol. The van der Waals surface area contributed by atoms with E-state index in [1.54, 1.807) is 24.3 Å². The van der Waals surface area contributed by atoms with Crippen molar-refractivity contribution in [2.75, 3.05) is 16.9 Å². The zero-order valence-electron chi connectivity index (χ0n) is 23.4. The summed E-state index contributed by atoms with van der Waals surface area (Å²) < 4.78 is 3.64. The molecule has 4 aromatic rings. The van der Waals surface area contributed by atoms with Gasteiger partial charge >= 0.3 is 0 Å². The fourth-order valence-electron chi connectivity index (χ4n) is 4.73. The second kappa shape index (κ2) is 9.47. The third-order valence-corrected chi connectivity index (χ3v) is 6.87. The van der Waals surface area contributed by atoms with Crippen LogP contribution in [0.25, 0.3) is 11.4 Å². The Hall–Kier alpha value is -4.74. The van der Waals surface area contributed by atoms with Crippen LogP contribution in [0.4, 0.5) is 23.0 Å². The van der Waals surface area contributed by atoms with Gasteiger partial charge in [0.1, 0.15) is 11.6 Å². The molecule has 2 aromatic heterocycles. The molecule has 2 aromatic carbocycles. The summed E-state index contributed by atoms with van der Waals surface area (Å²) in [7, 11) is 0. The molecule has 0 spiro atoms. The first-order valence-corrected chi connectivity index (χ1v) is 13.0. The highest BCUT2D eigenvalue weighted by Crippen LogP contribution is 2.38. The number of rotatable bonds is 5. The summed E-state index contributed by atoms with van der Waals surface area (Å²) in [5, 5.41) is 35.7. The van der Waals surface area contributed by atoms with Crippen LogP contribution in [0, 0.1) is 20.2 Å². The summed E-state index contributed by atoms with van der Waals surface area (Å²) in [6.45, 7) is 13.6. The van der Waals surface area contributed by atoms with E-state index in [9.17, 15) is 20.2 Å². The van der Waals surface area contributed by atoms with Crippen molar-refractivity contribution in [1.29, 1.82) is 0 Å². The Balaban J connectivity index is 1.58. The molecule has 1 aliphatic heterocycles. The lowest BCUT2D eigenvalue weighted by Crippen LogP contribution is -2.36. The number of hydrogen-bond donors (Lipinski definition) is 1. The standard InChI is InChI=1S/C28H32N8O4/c1-27(2,3)23-15-24(33(30-23)18-7-11-20(12-8-18)35(37)38)32-16-22-25(28(4,5)6)31-34(26(22)29-17-32)19-9-13-21(14-10-19)36(39)40/h7-15,29H,16-17H2,1-6H3. The molecule has 12 nitrogen and oxygen atoms in total. The summed E-state index contributed by atoms with van der Waals surface area (Å²) in [5.41, 5.74) is 3.83. The number of non-ortho nitro benzene ring substituents is 2. The molecule has 1 N–H and O–H groups in total. The number of benzene rings is 2. The van der Waals surface area contributed by atoms with Gasteiger partial charge in [0.2, 0.25) is 0 Å². The van der Waals surface area contributed by atoms with E-state index >= 15 is 0 Å². The van der Waals surface area contributed by atoms with Crippen molar-refractivity contribution in [3.63, 3.8) is 0 Å². The van der Waals surface area contributed by atoms with E-state index in [1.807, 2.05) is 9.36 Å². The van der Waals surface area contributed by atoms with Gasteiger partial charge in [-0.15, -0.1) is 0 Å². The first-order valence-electron chi connectivity index (χ1n) is 13.0. The van der Waals surface area contributed by atoms with Gasteiger partial charge in [0, 0.05) is 46.7 Å². The normalized spacial score (nSPS) is 13.6. The predicted octanol–water partition coefficient (Wildman–Crippen LogP) is 5.86. The molecule has 0 saturated carbocycles. The van der Waals surface area contributed by atoms with Crippen molar-refractivity contribution >= 4 is 23.0 Å². The Morgan fingerprint density at radius 2 is 1.30 bits per heavy atom. The van der Waals surface area contributed by atoms with Gasteiger partial charge in [-0.1, -0.05) is 41.5 Å². The van der Waals surface area contributed by atoms with Crippen LogP contribution in [0.5, 0.6) is 0 Å². The number of nitro benzene ring substituents is 2. The SMILES string of the molecule is CC(C)(C)c1cc(N2CNc3c(c(C(C)(C)C)nn3-c3ccc([N+](=O)[O-])cc3)C2)n(-c2ccc([N+](=O)[O-])cc2)n1. The van der Waals surface area contributed by atoms with Gasteiger partial charge in [-0.3, -0.25) is 20.2 Å². The molecule has 0 saturated heterocycles. The molecule has 0 atom stereocenters. The maximum Gasteiger partial charge on any atom is 0.269 e. The second-order valence-electron chi connectivity index (χ2n) is 12.0. The van der Waals surface area contributed by atoms with Gasteiger partial charge in [-0.2, -0.15) is 10.2 Å². The number of nitro groups is 2. The monoisotopic (exact) mass is 544 g/mol. The highest BCUT2D eigenvalue weighted by atomic mass is 16.6. The van der Waals surface area contributed by atoms with Gasteiger partial charge in [-0.25, -0.2) is 9.36 Å². The van der Waals surface area contributed by atoms with Gasteiger partial charge in [0.05, 0.1) is 45.8 Å². The summed E-state index contributed by atoms with van der Waals surface area (Å²) in [4.78, 5) is 23.7. The molecule has 208 valence electrons. The van der Waals surface area contributed by atoms with Crippen LogP contribution in [0.15, 0.2) is 54.6 Å². The van der Waals surface area contributed by atoms with E-state index in [0.717, 1.165) is 40.0 Å². The van der Waals surface area contributed by atoms with Crippen LogP contribution in [0.3, 0.4) is 0 Å². The first kappa shape index (κ1) is 26.9. The van der Waals surface area contributed by atoms with Crippen LogP contribution in [0.1, 0.15) is 58.5 Å². The number of aromatic nitrogens is 4. The minimum Gasteiger partial charge on any atom is -0.352 e. The lowest BCUT2D eigenvalue weighted by atomic mass is 9.89. The maximum absolute atomic E-state index is 11.2. The second-order valence-corrected chi connectivity index (χ2v) is 12.0. The molecule has 1 aliphatic rings. The molecule has 40 heavy (non-hydrogen) atoms. The lowest BCUT2D eigenvalue weighted by Gasteiger charge is -2.32. The number of hydrogen-bond acceptors (Lipinski definition) is 8. The molecule has 5 rings (SSSR count). The zero-order chi connectivity index (χ0) is 29.0. The molecular weight excluding hydrogens is 512 g/mol. The van der Waals surface area contributed by atoms with Crippen molar-refractivity contribution < 1.29 is 9.85 Å². The van der Waals surface area contributed by atoms with Crippen molar-refractivity contribution in [3.8, 4) is 11.4 Å². The van der Waals surface area contributed by atoms with Crippen molar-refractivity contribution in [2.24, 2.45) is 0 Å². The zero-order valence-corrected chi connectivity index (χ0v) is 23.4. The molecule has 0 aliphatic carbocycles. The van der Waals surface area contributed by atoms with E-state index in [1.165, 1.54) is 24.3 Å². The van der Waals surface area contributed by atoms with Gasteiger partial charge in [0.25, 0.3) is 11.4 Å². The number of nitrogens with one attached hydrogen (secondary N) is 1. The molecule has 0 bridgehead atoms. The quantitative estimate of drug-likeness (QED) is 0.244. The fraction of sp³-hybridized carbons (Fsp3) is 0.357. The highest BCUT2D eigenvalue weighted by Gasteiger charge is 2.33. The topological polar surface area (TPSA) is 137 Å². The largest absolute Gasteiger partial charge is 0.352 e. The molecule has 0 amide bonds. The Morgan fingerprint density at radius 3 is 1.77 bits per heavy atom. The van der Waals surface area contributed by atoms with Gasteiger partial charge in [-0.05, 0) is 24.3 Å². The van der Waals surface area contributed by atoms with Crippen LogP contribution in [-0.2, 0) is 17.4 Å². The average Bonchev–Trinajstić information content (AvgIpc) is 3.51. The van der Waals surface area contributed by atoms with Gasteiger partial charge < -0.3 is 10.2 Å². The number of nitrogens with zero attached hydrogens (tertiary/aromatic N) is 7. The Kier molecular flexibility index (Phi) is 6.36. The van der Waals surface area contributed by atoms with Gasteiger partial charge in [0.15, 0.2) is 0 Å². The van der Waals surface area contributed by atoms with Crippen molar-refractivity contribution in [1.82, 2.24) is 19.6 Å².